The van der Waals surface area contributed by atoms with Crippen molar-refractivity contribution in [2.45, 2.75) is 13.8 Å². The van der Waals surface area contributed by atoms with Gasteiger partial charge in [0.25, 0.3) is 0 Å². The molecular weight excluding hydrogens is 356 g/mol. The van der Waals surface area contributed by atoms with Gasteiger partial charge < -0.3 is 14.8 Å². The minimum absolute atomic E-state index is 0.234. The fourth-order valence-electron chi connectivity index (χ4n) is 2.54. The lowest BCUT2D eigenvalue weighted by Crippen LogP contribution is -1.99. The smallest absolute Gasteiger partial charge is 0.222 e. The summed E-state index contributed by atoms with van der Waals surface area (Å²) < 4.78 is 8.65. The highest BCUT2D eigenvalue weighted by molar-refractivity contribution is 9.10. The minimum Gasteiger partial charge on any atom is -0.493 e. The zero-order valence-electron chi connectivity index (χ0n) is 12.9. The molecule has 0 saturated heterocycles. The molecule has 0 atom stereocenters. The summed E-state index contributed by atoms with van der Waals surface area (Å²) in [6.07, 6.45) is 0. The van der Waals surface area contributed by atoms with Gasteiger partial charge >= 0.3 is 0 Å². The van der Waals surface area contributed by atoms with E-state index in [1.54, 1.807) is 0 Å². The number of halogens is 1. The highest BCUT2D eigenvalue weighted by Crippen LogP contribution is 2.34. The van der Waals surface area contributed by atoms with E-state index in [1.807, 2.05) is 37.3 Å². The van der Waals surface area contributed by atoms with Gasteiger partial charge in [-0.1, -0.05) is 17.7 Å². The maximum Gasteiger partial charge on any atom is 0.222 e. The largest absolute Gasteiger partial charge is 0.493 e. The molecule has 3 rings (SSSR count). The number of fused-ring (bicyclic) bond motifs is 1. The number of nitrogens with two attached hydrogens (primary N) is 1. The molecule has 0 aliphatic heterocycles. The Labute approximate surface area is 143 Å². The molecule has 1 aromatic heterocycles. The average Bonchev–Trinajstić information content (AvgIpc) is 2.55. The van der Waals surface area contributed by atoms with Crippen LogP contribution in [-0.2, 0) is 0 Å². The second-order valence-corrected chi connectivity index (χ2v) is 5.59. The molecule has 5 nitrogen and oxygen atoms in total. The van der Waals surface area contributed by atoms with Crippen molar-refractivity contribution in [3.8, 4) is 16.9 Å². The Kier molecular flexibility index (Phi) is 4.34. The van der Waals surface area contributed by atoms with E-state index in [4.69, 9.17) is 10.5 Å². The molecule has 0 bridgehead atoms. The van der Waals surface area contributed by atoms with Gasteiger partial charge in [0.05, 0.1) is 12.1 Å². The Morgan fingerprint density at radius 1 is 1.17 bits per heavy atom. The van der Waals surface area contributed by atoms with Gasteiger partial charge in [-0.3, -0.25) is 0 Å². The number of nitrogens with zero attached hydrogens (tertiary/aromatic N) is 2. The fourth-order valence-corrected chi connectivity index (χ4v) is 2.84. The summed E-state index contributed by atoms with van der Waals surface area (Å²) in [4.78, 5) is 8.48. The number of nitrogens with one attached hydrogen (secondary N) is 1. The van der Waals surface area contributed by atoms with Gasteiger partial charge in [-0.2, -0.15) is 4.98 Å². The lowest BCUT2D eigenvalue weighted by atomic mass is 10.0. The first-order valence-corrected chi connectivity index (χ1v) is 8.09. The lowest BCUT2D eigenvalue weighted by molar-refractivity contribution is 0.341. The average molecular weight is 373 g/mol. The van der Waals surface area contributed by atoms with Crippen LogP contribution >= 0.6 is 16.1 Å². The summed E-state index contributed by atoms with van der Waals surface area (Å²) >= 11 is 3.22. The number of benzene rings is 2. The normalized spacial score (nSPS) is 10.7. The Morgan fingerprint density at radius 3 is 2.74 bits per heavy atom. The number of nitrogen functional groups attached to an aromatic ring is 1. The Morgan fingerprint density at radius 2 is 2.00 bits per heavy atom. The third-order valence-electron chi connectivity index (χ3n) is 3.55. The van der Waals surface area contributed by atoms with Gasteiger partial charge in [-0.25, -0.2) is 4.98 Å². The fraction of sp³-hybridized carbons (Fsp3) is 0.176. The van der Waals surface area contributed by atoms with Crippen LogP contribution in [0, 0.1) is 6.92 Å². The number of hydrogen-bond acceptors (Lipinski definition) is 5. The molecule has 23 heavy (non-hydrogen) atoms. The molecule has 0 saturated carbocycles. The topological polar surface area (TPSA) is 73.1 Å². The summed E-state index contributed by atoms with van der Waals surface area (Å²) in [5.41, 5.74) is 9.78. The summed E-state index contributed by atoms with van der Waals surface area (Å²) in [7, 11) is 0. The van der Waals surface area contributed by atoms with Crippen LogP contribution in [0.3, 0.4) is 0 Å². The van der Waals surface area contributed by atoms with Crippen LogP contribution in [0.1, 0.15) is 12.5 Å². The van der Waals surface area contributed by atoms with Crippen LogP contribution in [0.25, 0.3) is 22.0 Å². The van der Waals surface area contributed by atoms with Crippen LogP contribution in [0.4, 0.5) is 11.8 Å². The third kappa shape index (κ3) is 3.07. The van der Waals surface area contributed by atoms with Crippen LogP contribution in [-0.4, -0.2) is 16.6 Å². The Hall–Kier alpha value is -2.34. The van der Waals surface area contributed by atoms with E-state index in [-0.39, 0.29) is 5.95 Å². The standard InChI is InChI=1S/C17H17BrN4O/c1-3-23-15-7-4-10(2)8-12(15)11-5-6-14-13(9-11)16(22-18)21-17(19)20-14/h4-9H,3H2,1-2H3,(H3,19,20,21,22). The summed E-state index contributed by atoms with van der Waals surface area (Å²) in [5, 5.41) is 0.887. The first-order chi connectivity index (χ1) is 11.1. The highest BCUT2D eigenvalue weighted by Gasteiger charge is 2.11. The number of rotatable bonds is 4. The van der Waals surface area contributed by atoms with Gasteiger partial charge in [0.15, 0.2) is 0 Å². The molecular formula is C17H17BrN4O. The van der Waals surface area contributed by atoms with Crippen LogP contribution < -0.4 is 14.8 Å². The van der Waals surface area contributed by atoms with E-state index in [0.717, 1.165) is 27.8 Å². The molecule has 118 valence electrons. The van der Waals surface area contributed by atoms with Crippen molar-refractivity contribution in [1.29, 1.82) is 0 Å². The SMILES string of the molecule is CCOc1ccc(C)cc1-c1ccc2nc(N)nc(NBr)c2c1. The predicted molar refractivity (Wildman–Crippen MR) is 97.8 cm³/mol. The number of aryl methyl sites for hydroxylation is 1. The first-order valence-electron chi connectivity index (χ1n) is 7.30. The molecule has 2 aromatic carbocycles. The second-order valence-electron chi connectivity index (χ2n) is 5.19. The molecule has 0 aliphatic carbocycles. The molecule has 0 unspecified atom stereocenters. The number of hydrogen-bond donors (Lipinski definition) is 2. The summed E-state index contributed by atoms with van der Waals surface area (Å²) in [6.45, 7) is 4.67. The van der Waals surface area contributed by atoms with Crippen LogP contribution in [0.15, 0.2) is 36.4 Å². The number of aromatic nitrogens is 2. The maximum atomic E-state index is 5.76. The number of anilines is 2. The minimum atomic E-state index is 0.234. The quantitative estimate of drug-likeness (QED) is 0.667. The molecule has 1 heterocycles. The van der Waals surface area contributed by atoms with E-state index in [0.29, 0.717) is 12.4 Å². The van der Waals surface area contributed by atoms with E-state index in [1.165, 1.54) is 5.56 Å². The van der Waals surface area contributed by atoms with E-state index < -0.39 is 0 Å². The van der Waals surface area contributed by atoms with Crippen molar-refractivity contribution >= 4 is 38.8 Å². The van der Waals surface area contributed by atoms with Crippen molar-refractivity contribution in [3.63, 3.8) is 0 Å². The summed E-state index contributed by atoms with van der Waals surface area (Å²) in [6, 6.07) is 12.2. The first kappa shape index (κ1) is 15.6. The van der Waals surface area contributed by atoms with E-state index in [2.05, 4.69) is 43.4 Å². The number of ether oxygens (including phenoxy) is 1. The van der Waals surface area contributed by atoms with Crippen molar-refractivity contribution in [2.75, 3.05) is 16.7 Å². The van der Waals surface area contributed by atoms with Gasteiger partial charge in [0.2, 0.25) is 5.95 Å². The zero-order chi connectivity index (χ0) is 16.4. The molecule has 0 aliphatic rings. The maximum absolute atomic E-state index is 5.76. The van der Waals surface area contributed by atoms with Gasteiger partial charge in [-0.05, 0) is 43.7 Å². The van der Waals surface area contributed by atoms with Crippen LogP contribution in [0.2, 0.25) is 0 Å². The van der Waals surface area contributed by atoms with Gasteiger partial charge in [-0.15, -0.1) is 0 Å². The van der Waals surface area contributed by atoms with Crippen molar-refractivity contribution in [3.05, 3.63) is 42.0 Å². The van der Waals surface area contributed by atoms with Gasteiger partial charge in [0, 0.05) is 27.1 Å². The molecule has 0 radical (unpaired) electrons. The van der Waals surface area contributed by atoms with Crippen molar-refractivity contribution < 1.29 is 4.74 Å². The van der Waals surface area contributed by atoms with Gasteiger partial charge in [0.1, 0.15) is 11.6 Å². The Bertz CT molecular complexity index is 867. The monoisotopic (exact) mass is 372 g/mol. The van der Waals surface area contributed by atoms with E-state index >= 15 is 0 Å². The lowest BCUT2D eigenvalue weighted by Gasteiger charge is -2.13. The highest BCUT2D eigenvalue weighted by atomic mass is 79.9. The van der Waals surface area contributed by atoms with Crippen molar-refractivity contribution in [1.82, 2.24) is 9.97 Å². The van der Waals surface area contributed by atoms with E-state index in [9.17, 15) is 0 Å². The second kappa shape index (κ2) is 6.42. The molecule has 3 N–H and O–H groups in total. The van der Waals surface area contributed by atoms with Crippen molar-refractivity contribution in [2.24, 2.45) is 0 Å². The van der Waals surface area contributed by atoms with Crippen LogP contribution in [0.5, 0.6) is 5.75 Å². The molecule has 0 amide bonds. The third-order valence-corrected chi connectivity index (χ3v) is 3.92. The molecule has 0 fully saturated rings. The molecule has 3 aromatic rings. The zero-order valence-corrected chi connectivity index (χ0v) is 14.5. The predicted octanol–water partition coefficient (Wildman–Crippen LogP) is 4.31. The molecule has 6 heteroatoms. The summed E-state index contributed by atoms with van der Waals surface area (Å²) in [5.74, 6) is 1.74. The molecule has 0 spiro atoms. The Balaban J connectivity index is 2.21.